The summed E-state index contributed by atoms with van der Waals surface area (Å²) in [6, 6.07) is 14.4. The van der Waals surface area contributed by atoms with Gasteiger partial charge in [-0.3, -0.25) is 9.78 Å². The molecule has 3 rings (SSSR count). The Morgan fingerprint density at radius 2 is 1.96 bits per heavy atom. The first-order valence-electron chi connectivity index (χ1n) is 8.03. The lowest BCUT2D eigenvalue weighted by Gasteiger charge is -2.15. The quantitative estimate of drug-likeness (QED) is 0.520. The van der Waals surface area contributed by atoms with Gasteiger partial charge in [0.1, 0.15) is 5.82 Å². The summed E-state index contributed by atoms with van der Waals surface area (Å²) < 4.78 is 0. The number of rotatable bonds is 5. The van der Waals surface area contributed by atoms with Gasteiger partial charge in [-0.25, -0.2) is 4.98 Å². The van der Waals surface area contributed by atoms with Gasteiger partial charge in [-0.05, 0) is 47.5 Å². The van der Waals surface area contributed by atoms with E-state index in [1.165, 1.54) is 0 Å². The molecule has 26 heavy (non-hydrogen) atoms. The van der Waals surface area contributed by atoms with Crippen LogP contribution in [0.3, 0.4) is 0 Å². The number of benzene rings is 1. The van der Waals surface area contributed by atoms with Crippen molar-refractivity contribution in [2.24, 2.45) is 5.73 Å². The maximum Gasteiger partial charge on any atom is 0.257 e. The Labute approximate surface area is 157 Å². The van der Waals surface area contributed by atoms with Crippen LogP contribution in [-0.2, 0) is 6.54 Å². The number of thiol groups is 1. The number of pyridine rings is 2. The molecule has 6 nitrogen and oxygen atoms in total. The molecule has 0 aliphatic rings. The molecule has 2 aromatic heterocycles. The summed E-state index contributed by atoms with van der Waals surface area (Å²) in [5, 5.41) is 2.48. The van der Waals surface area contributed by atoms with Gasteiger partial charge in [0.15, 0.2) is 0 Å². The van der Waals surface area contributed by atoms with E-state index >= 15 is 0 Å². The predicted octanol–water partition coefficient (Wildman–Crippen LogP) is 2.79. The van der Waals surface area contributed by atoms with Crippen LogP contribution in [0.25, 0.3) is 0 Å². The zero-order valence-corrected chi connectivity index (χ0v) is 14.9. The van der Waals surface area contributed by atoms with Crippen LogP contribution in [0.15, 0.2) is 60.9 Å². The molecule has 132 valence electrons. The maximum absolute atomic E-state index is 12.8. The minimum Gasteiger partial charge on any atom is -0.384 e. The zero-order valence-electron chi connectivity index (χ0n) is 14.0. The molecule has 1 unspecified atom stereocenters. The second-order valence-electron chi connectivity index (χ2n) is 5.71. The minimum absolute atomic E-state index is 0.261. The standard InChI is InChI=1S/C19H19N5OS/c20-11-12-3-1-4-14(9-12)24-19(25)15-5-2-7-23-17(15)18(26)13-6-8-22-16(21)10-13/h1-10,18,26H,11,20H2,(H2,21,22)(H,24,25). The van der Waals surface area contributed by atoms with E-state index in [9.17, 15) is 4.79 Å². The van der Waals surface area contributed by atoms with Crippen molar-refractivity contribution < 1.29 is 4.79 Å². The number of nitrogens with one attached hydrogen (secondary N) is 1. The van der Waals surface area contributed by atoms with E-state index in [0.29, 0.717) is 29.3 Å². The van der Waals surface area contributed by atoms with Crippen LogP contribution < -0.4 is 16.8 Å². The molecule has 5 N–H and O–H groups in total. The minimum atomic E-state index is -0.405. The number of nitrogens with zero attached hydrogens (tertiary/aromatic N) is 2. The number of hydrogen-bond donors (Lipinski definition) is 4. The summed E-state index contributed by atoms with van der Waals surface area (Å²) in [6.07, 6.45) is 3.24. The Morgan fingerprint density at radius 1 is 1.12 bits per heavy atom. The highest BCUT2D eigenvalue weighted by atomic mass is 32.1. The van der Waals surface area contributed by atoms with Crippen LogP contribution in [0.4, 0.5) is 11.5 Å². The first-order chi connectivity index (χ1) is 12.6. The van der Waals surface area contributed by atoms with Crippen molar-refractivity contribution in [3.05, 3.63) is 83.3 Å². The second-order valence-corrected chi connectivity index (χ2v) is 6.23. The fourth-order valence-electron chi connectivity index (χ4n) is 2.60. The van der Waals surface area contributed by atoms with Crippen LogP contribution >= 0.6 is 12.6 Å². The first kappa shape index (κ1) is 17.9. The van der Waals surface area contributed by atoms with Crippen molar-refractivity contribution in [3.63, 3.8) is 0 Å². The number of carbonyl (C=O) groups excluding carboxylic acids is 1. The molecule has 0 bridgehead atoms. The third kappa shape index (κ3) is 4.01. The molecular weight excluding hydrogens is 346 g/mol. The molecular formula is C19H19N5OS. The Kier molecular flexibility index (Phi) is 5.50. The second kappa shape index (κ2) is 7.99. The van der Waals surface area contributed by atoms with E-state index in [-0.39, 0.29) is 5.91 Å². The SMILES string of the molecule is NCc1cccc(NC(=O)c2cccnc2C(S)c2ccnc(N)c2)c1. The Morgan fingerprint density at radius 3 is 2.73 bits per heavy atom. The summed E-state index contributed by atoms with van der Waals surface area (Å²) in [5.74, 6) is 0.130. The summed E-state index contributed by atoms with van der Waals surface area (Å²) >= 11 is 4.64. The number of carbonyl (C=O) groups is 1. The normalized spacial score (nSPS) is 11.8. The van der Waals surface area contributed by atoms with Crippen molar-refractivity contribution in [2.75, 3.05) is 11.1 Å². The van der Waals surface area contributed by atoms with E-state index in [1.807, 2.05) is 24.3 Å². The molecule has 2 heterocycles. The smallest absolute Gasteiger partial charge is 0.257 e. The average Bonchev–Trinajstić information content (AvgIpc) is 2.67. The van der Waals surface area contributed by atoms with Gasteiger partial charge in [0.05, 0.1) is 16.5 Å². The highest BCUT2D eigenvalue weighted by Gasteiger charge is 2.20. The highest BCUT2D eigenvalue weighted by Crippen LogP contribution is 2.30. The molecule has 0 spiro atoms. The Bertz CT molecular complexity index is 931. The van der Waals surface area contributed by atoms with Crippen molar-refractivity contribution in [2.45, 2.75) is 11.8 Å². The number of nitrogen functional groups attached to an aromatic ring is 1. The topological polar surface area (TPSA) is 107 Å². The highest BCUT2D eigenvalue weighted by molar-refractivity contribution is 7.80. The van der Waals surface area contributed by atoms with E-state index in [0.717, 1.165) is 11.1 Å². The van der Waals surface area contributed by atoms with E-state index in [4.69, 9.17) is 11.5 Å². The van der Waals surface area contributed by atoms with Gasteiger partial charge in [0.2, 0.25) is 0 Å². The maximum atomic E-state index is 12.8. The van der Waals surface area contributed by atoms with Crippen LogP contribution in [0.1, 0.15) is 32.4 Å². The van der Waals surface area contributed by atoms with E-state index < -0.39 is 5.25 Å². The fraction of sp³-hybridized carbons (Fsp3) is 0.105. The molecule has 1 aromatic carbocycles. The van der Waals surface area contributed by atoms with E-state index in [1.54, 1.807) is 36.7 Å². The third-order valence-corrected chi connectivity index (χ3v) is 4.43. The lowest BCUT2D eigenvalue weighted by molar-refractivity contribution is 0.102. The first-order valence-corrected chi connectivity index (χ1v) is 8.55. The van der Waals surface area contributed by atoms with Crippen molar-refractivity contribution >= 4 is 30.0 Å². The van der Waals surface area contributed by atoms with Crippen LogP contribution in [0.5, 0.6) is 0 Å². The Hall–Kier alpha value is -2.90. The van der Waals surface area contributed by atoms with Gasteiger partial charge < -0.3 is 16.8 Å². The molecule has 0 aliphatic heterocycles. The van der Waals surface area contributed by atoms with Crippen molar-refractivity contribution in [1.29, 1.82) is 0 Å². The summed E-state index contributed by atoms with van der Waals surface area (Å²) in [5.41, 5.74) is 14.8. The van der Waals surface area contributed by atoms with Gasteiger partial charge in [-0.1, -0.05) is 12.1 Å². The monoisotopic (exact) mass is 365 g/mol. The van der Waals surface area contributed by atoms with E-state index in [2.05, 4.69) is 27.9 Å². The van der Waals surface area contributed by atoms with Crippen LogP contribution in [0.2, 0.25) is 0 Å². The predicted molar refractivity (Wildman–Crippen MR) is 106 cm³/mol. The van der Waals surface area contributed by atoms with Gasteiger partial charge in [0, 0.05) is 24.6 Å². The molecule has 3 aromatic rings. The molecule has 0 saturated carbocycles. The van der Waals surface area contributed by atoms with Gasteiger partial charge >= 0.3 is 0 Å². The van der Waals surface area contributed by atoms with Gasteiger partial charge in [-0.2, -0.15) is 12.6 Å². The lowest BCUT2D eigenvalue weighted by atomic mass is 10.0. The van der Waals surface area contributed by atoms with Gasteiger partial charge in [0.25, 0.3) is 5.91 Å². The van der Waals surface area contributed by atoms with Crippen LogP contribution in [-0.4, -0.2) is 15.9 Å². The molecule has 1 amide bonds. The molecule has 1 atom stereocenters. The molecule has 0 radical (unpaired) electrons. The average molecular weight is 365 g/mol. The lowest BCUT2D eigenvalue weighted by Crippen LogP contribution is -2.16. The number of anilines is 2. The molecule has 0 aliphatic carbocycles. The van der Waals surface area contributed by atoms with Gasteiger partial charge in [-0.15, -0.1) is 0 Å². The largest absolute Gasteiger partial charge is 0.384 e. The Balaban J connectivity index is 1.89. The van der Waals surface area contributed by atoms with Crippen LogP contribution in [0, 0.1) is 0 Å². The molecule has 7 heteroatoms. The number of aromatic nitrogens is 2. The molecule has 0 fully saturated rings. The summed E-state index contributed by atoms with van der Waals surface area (Å²) in [7, 11) is 0. The summed E-state index contributed by atoms with van der Waals surface area (Å²) in [4.78, 5) is 21.1. The zero-order chi connectivity index (χ0) is 18.5. The third-order valence-electron chi connectivity index (χ3n) is 3.88. The van der Waals surface area contributed by atoms with Crippen molar-refractivity contribution in [3.8, 4) is 0 Å². The fourth-order valence-corrected chi connectivity index (χ4v) is 2.96. The van der Waals surface area contributed by atoms with Crippen molar-refractivity contribution in [1.82, 2.24) is 9.97 Å². The number of hydrogen-bond acceptors (Lipinski definition) is 6. The molecule has 0 saturated heterocycles. The number of nitrogens with two attached hydrogens (primary N) is 2. The number of amides is 1. The summed E-state index contributed by atoms with van der Waals surface area (Å²) in [6.45, 7) is 0.407.